The van der Waals surface area contributed by atoms with E-state index < -0.39 is 0 Å². The molecule has 0 heterocycles. The Morgan fingerprint density at radius 3 is 2.36 bits per heavy atom. The van der Waals surface area contributed by atoms with E-state index in [1.807, 2.05) is 0 Å². The van der Waals surface area contributed by atoms with Crippen LogP contribution in [-0.4, -0.2) is 24.7 Å². The number of rotatable bonds is 0. The van der Waals surface area contributed by atoms with Gasteiger partial charge in [-0.3, -0.25) is 0 Å². The number of hydrogen-bond donors (Lipinski definition) is 0. The van der Waals surface area contributed by atoms with Gasteiger partial charge in [-0.25, -0.2) is 0 Å². The first-order valence-corrected chi connectivity index (χ1v) is 5.28. The molecule has 0 aromatic heterocycles. The second-order valence-corrected chi connectivity index (χ2v) is 4.37. The summed E-state index contributed by atoms with van der Waals surface area (Å²) in [6.07, 6.45) is 0. The van der Waals surface area contributed by atoms with Gasteiger partial charge in [0.2, 0.25) is 0 Å². The zero-order valence-electron chi connectivity index (χ0n) is 5.99. The van der Waals surface area contributed by atoms with Crippen LogP contribution in [0.15, 0.2) is 42.5 Å². The maximum absolute atomic E-state index is 2.19. The van der Waals surface area contributed by atoms with Crippen molar-refractivity contribution in [3.8, 4) is 0 Å². The molecule has 0 N–H and O–H groups in total. The molecule has 0 atom stereocenters. The van der Waals surface area contributed by atoms with Crippen molar-refractivity contribution in [2.24, 2.45) is 0 Å². The first-order valence-electron chi connectivity index (χ1n) is 3.54. The molecule has 1 heteroatoms. The first kappa shape index (κ1) is 7.24. The van der Waals surface area contributed by atoms with Crippen LogP contribution >= 0.6 is 0 Å². The topological polar surface area (TPSA) is 0 Å². The normalized spacial score (nSPS) is 10.3. The molecule has 0 amide bonds. The summed E-state index contributed by atoms with van der Waals surface area (Å²) in [5, 5.41) is 2.76. The zero-order chi connectivity index (χ0) is 7.68. The van der Waals surface area contributed by atoms with Gasteiger partial charge in [-0.15, -0.1) is 0 Å². The van der Waals surface area contributed by atoms with Crippen molar-refractivity contribution >= 4 is 38.8 Å². The van der Waals surface area contributed by atoms with E-state index in [9.17, 15) is 0 Å². The van der Waals surface area contributed by atoms with Gasteiger partial charge in [0.05, 0.1) is 0 Å². The average Bonchev–Trinajstić information content (AvgIpc) is 2.06. The van der Waals surface area contributed by atoms with Crippen LogP contribution in [0, 0.1) is 0 Å². The summed E-state index contributed by atoms with van der Waals surface area (Å²) in [5.41, 5.74) is 0. The predicted octanol–water partition coefficient (Wildman–Crippen LogP) is 1.63. The summed E-state index contributed by atoms with van der Waals surface area (Å²) >= 11 is 1.34. The van der Waals surface area contributed by atoms with Crippen LogP contribution in [0.5, 0.6) is 0 Å². The third kappa shape index (κ3) is 1.30. The average molecular weight is 336 g/mol. The van der Waals surface area contributed by atoms with Gasteiger partial charge in [0.1, 0.15) is 0 Å². The Hall–Kier alpha value is -0.417. The van der Waals surface area contributed by atoms with E-state index in [4.69, 9.17) is 0 Å². The summed E-state index contributed by atoms with van der Waals surface area (Å²) < 4.78 is 1.46. The molecule has 2 radical (unpaired) electrons. The minimum atomic E-state index is 1.34. The van der Waals surface area contributed by atoms with Crippen molar-refractivity contribution in [1.29, 1.82) is 0 Å². The second-order valence-electron chi connectivity index (χ2n) is 2.50. The van der Waals surface area contributed by atoms with Crippen molar-refractivity contribution in [2.45, 2.75) is 0 Å². The van der Waals surface area contributed by atoms with Crippen LogP contribution in [-0.2, 0) is 0 Å². The minimum absolute atomic E-state index is 1.34. The third-order valence-corrected chi connectivity index (χ3v) is 3.28. The molecule has 0 saturated carbocycles. The van der Waals surface area contributed by atoms with Crippen LogP contribution in [0.2, 0.25) is 0 Å². The molecule has 0 nitrogen and oxygen atoms in total. The van der Waals surface area contributed by atoms with Crippen LogP contribution in [0.1, 0.15) is 0 Å². The summed E-state index contributed by atoms with van der Waals surface area (Å²) in [4.78, 5) is 0. The molecule has 0 fully saturated rings. The van der Waals surface area contributed by atoms with E-state index in [-0.39, 0.29) is 0 Å². The van der Waals surface area contributed by atoms with Gasteiger partial charge in [-0.2, -0.15) is 0 Å². The molecule has 0 aliphatic rings. The van der Waals surface area contributed by atoms with Gasteiger partial charge in [-0.1, -0.05) is 0 Å². The van der Waals surface area contributed by atoms with E-state index in [0.717, 1.165) is 0 Å². The molecule has 2 aromatic carbocycles. The summed E-state index contributed by atoms with van der Waals surface area (Å²) in [7, 11) is 0. The van der Waals surface area contributed by atoms with E-state index in [1.54, 1.807) is 0 Å². The van der Waals surface area contributed by atoms with Gasteiger partial charge in [0, 0.05) is 0 Å². The van der Waals surface area contributed by atoms with Crippen molar-refractivity contribution in [3.05, 3.63) is 42.5 Å². The molecular formula is C10H7Bi. The van der Waals surface area contributed by atoms with Gasteiger partial charge >= 0.3 is 81.2 Å². The summed E-state index contributed by atoms with van der Waals surface area (Å²) in [5.74, 6) is 0. The molecule has 52 valence electrons. The SMILES string of the molecule is [Bi][c]1cccc2ccccc12. The molecule has 2 rings (SSSR count). The zero-order valence-corrected chi connectivity index (χ0v) is 9.47. The number of benzene rings is 2. The van der Waals surface area contributed by atoms with E-state index in [0.29, 0.717) is 0 Å². The Labute approximate surface area is 81.1 Å². The van der Waals surface area contributed by atoms with E-state index in [2.05, 4.69) is 42.5 Å². The third-order valence-electron chi connectivity index (χ3n) is 1.77. The Morgan fingerprint density at radius 1 is 0.818 bits per heavy atom. The maximum atomic E-state index is 2.19. The Bertz CT molecular complexity index is 374. The van der Waals surface area contributed by atoms with Gasteiger partial charge in [0.15, 0.2) is 0 Å². The molecule has 2 aromatic rings. The Kier molecular flexibility index (Phi) is 1.91. The molecule has 0 spiro atoms. The van der Waals surface area contributed by atoms with Crippen molar-refractivity contribution < 1.29 is 0 Å². The number of hydrogen-bond acceptors (Lipinski definition) is 0. The predicted molar refractivity (Wildman–Crippen MR) is 49.3 cm³/mol. The quantitative estimate of drug-likeness (QED) is 0.642. The molecule has 0 aliphatic heterocycles. The van der Waals surface area contributed by atoms with Crippen molar-refractivity contribution in [2.75, 3.05) is 0 Å². The summed E-state index contributed by atoms with van der Waals surface area (Å²) in [6, 6.07) is 15.0. The van der Waals surface area contributed by atoms with Crippen molar-refractivity contribution in [3.63, 3.8) is 0 Å². The van der Waals surface area contributed by atoms with Gasteiger partial charge < -0.3 is 0 Å². The molecule has 11 heavy (non-hydrogen) atoms. The Morgan fingerprint density at radius 2 is 1.55 bits per heavy atom. The van der Waals surface area contributed by atoms with Crippen molar-refractivity contribution in [1.82, 2.24) is 0 Å². The Balaban J connectivity index is 2.91. The fourth-order valence-corrected chi connectivity index (χ4v) is 2.33. The molecule has 0 unspecified atom stereocenters. The van der Waals surface area contributed by atoms with E-state index in [1.165, 1.54) is 38.8 Å². The van der Waals surface area contributed by atoms with Gasteiger partial charge in [0.25, 0.3) is 0 Å². The van der Waals surface area contributed by atoms with Crippen LogP contribution in [0.4, 0.5) is 0 Å². The fourth-order valence-electron chi connectivity index (χ4n) is 1.21. The van der Waals surface area contributed by atoms with Crippen LogP contribution in [0.25, 0.3) is 10.8 Å². The van der Waals surface area contributed by atoms with E-state index >= 15 is 0 Å². The number of fused-ring (bicyclic) bond motifs is 1. The molecule has 0 saturated heterocycles. The fraction of sp³-hybridized carbons (Fsp3) is 0. The molecule has 0 bridgehead atoms. The second kappa shape index (κ2) is 2.91. The van der Waals surface area contributed by atoms with Crippen LogP contribution < -0.4 is 3.27 Å². The van der Waals surface area contributed by atoms with Gasteiger partial charge in [-0.05, 0) is 0 Å². The van der Waals surface area contributed by atoms with Crippen LogP contribution in [0.3, 0.4) is 0 Å². The standard InChI is InChI=1S/C10H7.Bi/c1-2-6-10-8-4-3-7-9(10)5-1;/h1-7H;. The monoisotopic (exact) mass is 336 g/mol. The first-order chi connectivity index (χ1) is 5.38. The molecule has 0 aliphatic carbocycles. The summed E-state index contributed by atoms with van der Waals surface area (Å²) in [6.45, 7) is 0. The molecular weight excluding hydrogens is 329 g/mol.